The van der Waals surface area contributed by atoms with Crippen LogP contribution in [0.2, 0.25) is 5.02 Å². The summed E-state index contributed by atoms with van der Waals surface area (Å²) in [5.74, 6) is 5.02. The fraction of sp³-hybridized carbons (Fsp3) is 0.400. The lowest BCUT2D eigenvalue weighted by Crippen LogP contribution is -2.26. The van der Waals surface area contributed by atoms with Gasteiger partial charge in [-0.3, -0.25) is 10.1 Å². The molecule has 0 aromatic heterocycles. The van der Waals surface area contributed by atoms with Crippen molar-refractivity contribution in [1.82, 2.24) is 0 Å². The molecule has 1 aromatic carbocycles. The van der Waals surface area contributed by atoms with Crippen LogP contribution < -0.4 is 5.90 Å². The second kappa shape index (κ2) is 4.78. The summed E-state index contributed by atoms with van der Waals surface area (Å²) in [5.41, 5.74) is 0.177. The maximum Gasteiger partial charge on any atom is 0.269 e. The molecule has 1 rings (SSSR count). The Hall–Kier alpha value is -1.17. The van der Waals surface area contributed by atoms with E-state index in [4.69, 9.17) is 17.5 Å². The van der Waals surface area contributed by atoms with Gasteiger partial charge < -0.3 is 4.84 Å². The van der Waals surface area contributed by atoms with Crippen LogP contribution in [0.25, 0.3) is 0 Å². The first-order valence-electron chi connectivity index (χ1n) is 4.64. The summed E-state index contributed by atoms with van der Waals surface area (Å²) in [4.78, 5) is 14.8. The second-order valence-corrected chi connectivity index (χ2v) is 4.52. The predicted molar refractivity (Wildman–Crippen MR) is 61.3 cm³/mol. The van der Waals surface area contributed by atoms with Crippen LogP contribution in [0, 0.1) is 10.1 Å². The van der Waals surface area contributed by atoms with Gasteiger partial charge in [-0.2, -0.15) is 0 Å². The number of benzene rings is 1. The SMILES string of the molecule is CC(C)(CON)c1cc([N+](=O)[O-])ccc1Cl. The molecule has 0 unspecified atom stereocenters. The molecular weight excluding hydrogens is 232 g/mol. The van der Waals surface area contributed by atoms with Crippen LogP contribution in [-0.2, 0) is 10.3 Å². The van der Waals surface area contributed by atoms with Crippen LogP contribution in [0.5, 0.6) is 0 Å². The van der Waals surface area contributed by atoms with Crippen molar-refractivity contribution < 1.29 is 9.76 Å². The Morgan fingerprint density at radius 2 is 2.19 bits per heavy atom. The molecule has 0 bridgehead atoms. The molecule has 0 radical (unpaired) electrons. The molecule has 0 amide bonds. The fourth-order valence-corrected chi connectivity index (χ4v) is 1.80. The minimum absolute atomic E-state index is 0.00416. The summed E-state index contributed by atoms with van der Waals surface area (Å²) in [6.45, 7) is 3.93. The first-order chi connectivity index (χ1) is 7.38. The lowest BCUT2D eigenvalue weighted by atomic mass is 9.85. The highest BCUT2D eigenvalue weighted by Gasteiger charge is 2.25. The van der Waals surface area contributed by atoms with Gasteiger partial charge in [0.05, 0.1) is 11.5 Å². The van der Waals surface area contributed by atoms with E-state index in [-0.39, 0.29) is 12.3 Å². The lowest BCUT2D eigenvalue weighted by molar-refractivity contribution is -0.385. The van der Waals surface area contributed by atoms with Crippen molar-refractivity contribution in [3.05, 3.63) is 38.9 Å². The minimum Gasteiger partial charge on any atom is -0.304 e. The maximum absolute atomic E-state index is 10.7. The number of nitro benzene ring substituents is 1. The van der Waals surface area contributed by atoms with Gasteiger partial charge >= 0.3 is 0 Å². The molecule has 0 saturated heterocycles. The molecule has 0 fully saturated rings. The van der Waals surface area contributed by atoms with Crippen molar-refractivity contribution in [1.29, 1.82) is 0 Å². The molecule has 0 aliphatic carbocycles. The molecule has 88 valence electrons. The molecule has 0 saturated carbocycles. The van der Waals surface area contributed by atoms with E-state index < -0.39 is 10.3 Å². The summed E-state index contributed by atoms with van der Waals surface area (Å²) >= 11 is 6.00. The Morgan fingerprint density at radius 1 is 1.56 bits per heavy atom. The zero-order valence-corrected chi connectivity index (χ0v) is 9.82. The maximum atomic E-state index is 10.7. The second-order valence-electron chi connectivity index (χ2n) is 4.12. The third-order valence-corrected chi connectivity index (χ3v) is 2.66. The van der Waals surface area contributed by atoms with Crippen molar-refractivity contribution in [2.75, 3.05) is 6.61 Å². The minimum atomic E-state index is -0.474. The third-order valence-electron chi connectivity index (χ3n) is 2.33. The highest BCUT2D eigenvalue weighted by molar-refractivity contribution is 6.31. The third kappa shape index (κ3) is 2.69. The average Bonchev–Trinajstić information content (AvgIpc) is 2.17. The smallest absolute Gasteiger partial charge is 0.269 e. The lowest BCUT2D eigenvalue weighted by Gasteiger charge is -2.24. The first kappa shape index (κ1) is 12.9. The quantitative estimate of drug-likeness (QED) is 0.652. The average molecular weight is 245 g/mol. The Morgan fingerprint density at radius 3 is 2.69 bits per heavy atom. The number of halogens is 1. The van der Waals surface area contributed by atoms with E-state index in [1.54, 1.807) is 0 Å². The van der Waals surface area contributed by atoms with Gasteiger partial charge in [0.15, 0.2) is 0 Å². The number of nitrogens with two attached hydrogens (primary N) is 1. The highest BCUT2D eigenvalue weighted by Crippen LogP contribution is 2.32. The van der Waals surface area contributed by atoms with Gasteiger partial charge in [0.1, 0.15) is 0 Å². The normalized spacial score (nSPS) is 11.5. The summed E-state index contributed by atoms with van der Waals surface area (Å²) in [6.07, 6.45) is 0. The Kier molecular flexibility index (Phi) is 3.85. The molecule has 0 aliphatic heterocycles. The summed E-state index contributed by atoms with van der Waals surface area (Å²) < 4.78 is 0. The van der Waals surface area contributed by atoms with E-state index in [1.165, 1.54) is 18.2 Å². The van der Waals surface area contributed by atoms with Crippen LogP contribution in [0.4, 0.5) is 5.69 Å². The molecule has 6 heteroatoms. The van der Waals surface area contributed by atoms with Gasteiger partial charge in [-0.05, 0) is 11.6 Å². The van der Waals surface area contributed by atoms with Gasteiger partial charge in [-0.25, -0.2) is 5.90 Å². The number of nitro groups is 1. The molecule has 0 atom stereocenters. The highest BCUT2D eigenvalue weighted by atomic mass is 35.5. The standard InChI is InChI=1S/C10H13ClN2O3/c1-10(2,6-16-12)8-5-7(13(14)15)3-4-9(8)11/h3-5H,6,12H2,1-2H3. The predicted octanol–water partition coefficient (Wildman–Crippen LogP) is 2.42. The molecular formula is C10H13ClN2O3. The molecule has 0 spiro atoms. The van der Waals surface area contributed by atoms with Crippen molar-refractivity contribution in [2.24, 2.45) is 5.90 Å². The number of hydrogen-bond donors (Lipinski definition) is 1. The largest absolute Gasteiger partial charge is 0.304 e. The van der Waals surface area contributed by atoms with Crippen LogP contribution in [0.1, 0.15) is 19.4 Å². The van der Waals surface area contributed by atoms with Crippen molar-refractivity contribution in [2.45, 2.75) is 19.3 Å². The van der Waals surface area contributed by atoms with E-state index >= 15 is 0 Å². The Bertz CT molecular complexity index is 407. The molecule has 0 heterocycles. The summed E-state index contributed by atoms with van der Waals surface area (Å²) in [7, 11) is 0. The van der Waals surface area contributed by atoms with E-state index in [9.17, 15) is 10.1 Å². The van der Waals surface area contributed by atoms with Crippen LogP contribution >= 0.6 is 11.6 Å². The molecule has 5 nitrogen and oxygen atoms in total. The molecule has 2 N–H and O–H groups in total. The molecule has 1 aromatic rings. The van der Waals surface area contributed by atoms with E-state index in [0.717, 1.165) is 0 Å². The van der Waals surface area contributed by atoms with Gasteiger partial charge in [0, 0.05) is 22.6 Å². The van der Waals surface area contributed by atoms with Crippen molar-refractivity contribution in [3.63, 3.8) is 0 Å². The van der Waals surface area contributed by atoms with Crippen LogP contribution in [0.3, 0.4) is 0 Å². The van der Waals surface area contributed by atoms with Crippen molar-refractivity contribution in [3.8, 4) is 0 Å². The van der Waals surface area contributed by atoms with E-state index in [1.807, 2.05) is 13.8 Å². The first-order valence-corrected chi connectivity index (χ1v) is 5.02. The molecule has 16 heavy (non-hydrogen) atoms. The molecule has 0 aliphatic rings. The van der Waals surface area contributed by atoms with Gasteiger partial charge in [-0.1, -0.05) is 25.4 Å². The number of nitrogens with zero attached hydrogens (tertiary/aromatic N) is 1. The van der Waals surface area contributed by atoms with Crippen LogP contribution in [0.15, 0.2) is 18.2 Å². The van der Waals surface area contributed by atoms with Crippen LogP contribution in [-0.4, -0.2) is 11.5 Å². The summed E-state index contributed by atoms with van der Waals surface area (Å²) in [6, 6.07) is 4.32. The topological polar surface area (TPSA) is 78.4 Å². The van der Waals surface area contributed by atoms with E-state index in [0.29, 0.717) is 10.6 Å². The van der Waals surface area contributed by atoms with Gasteiger partial charge in [0.2, 0.25) is 0 Å². The monoisotopic (exact) mass is 244 g/mol. The number of rotatable bonds is 4. The summed E-state index contributed by atoms with van der Waals surface area (Å²) in [5, 5.41) is 11.1. The van der Waals surface area contributed by atoms with Gasteiger partial charge in [0.25, 0.3) is 5.69 Å². The number of non-ortho nitro benzene ring substituents is 1. The van der Waals surface area contributed by atoms with E-state index in [2.05, 4.69) is 4.84 Å². The Balaban J connectivity index is 3.21. The zero-order valence-electron chi connectivity index (χ0n) is 9.07. The zero-order chi connectivity index (χ0) is 12.3. The van der Waals surface area contributed by atoms with Crippen molar-refractivity contribution >= 4 is 17.3 Å². The van der Waals surface area contributed by atoms with Gasteiger partial charge in [-0.15, -0.1) is 0 Å². The number of hydrogen-bond acceptors (Lipinski definition) is 4. The fourth-order valence-electron chi connectivity index (χ4n) is 1.43. The Labute approximate surface area is 98.3 Å².